The second-order valence-corrected chi connectivity index (χ2v) is 10.8. The van der Waals surface area contributed by atoms with E-state index in [4.69, 9.17) is 4.42 Å². The van der Waals surface area contributed by atoms with Gasteiger partial charge in [-0.2, -0.15) is 0 Å². The highest BCUT2D eigenvalue weighted by atomic mass is 32.2. The van der Waals surface area contributed by atoms with Crippen LogP contribution in [0.3, 0.4) is 0 Å². The second kappa shape index (κ2) is 10.9. The number of hydrogen-bond acceptors (Lipinski definition) is 9. The smallest absolute Gasteiger partial charge is 0.247 e. The molecule has 0 spiro atoms. The Balaban J connectivity index is 1.24. The number of halogens is 1. The quantitative estimate of drug-likeness (QED) is 0.291. The minimum absolute atomic E-state index is 0.295. The summed E-state index contributed by atoms with van der Waals surface area (Å²) in [6.45, 7) is 7.81. The number of anilines is 1. The number of piperazine rings is 1. The summed E-state index contributed by atoms with van der Waals surface area (Å²) in [6.07, 6.45) is 1.76. The molecule has 1 saturated heterocycles. The summed E-state index contributed by atoms with van der Waals surface area (Å²) in [6, 6.07) is 11.0. The van der Waals surface area contributed by atoms with Gasteiger partial charge in [0.25, 0.3) is 0 Å². The van der Waals surface area contributed by atoms with Gasteiger partial charge in [0.2, 0.25) is 16.9 Å². The predicted octanol–water partition coefficient (Wildman–Crippen LogP) is 4.35. The normalized spacial score (nSPS) is 14.3. The van der Waals surface area contributed by atoms with E-state index in [1.165, 1.54) is 17.8 Å². The Morgan fingerprint density at radius 1 is 1.12 bits per heavy atom. The van der Waals surface area contributed by atoms with Crippen LogP contribution in [0.5, 0.6) is 0 Å². The zero-order chi connectivity index (χ0) is 27.8. The molecular weight excluding hydrogens is 531 g/mol. The summed E-state index contributed by atoms with van der Waals surface area (Å²) in [5.74, 6) is 1.19. The molecule has 0 radical (unpaired) electrons. The number of nitrogens with zero attached hydrogens (tertiary/aromatic N) is 7. The number of H-pyrrole nitrogens is 1. The zero-order valence-corrected chi connectivity index (χ0v) is 23.3. The van der Waals surface area contributed by atoms with Crippen molar-refractivity contribution in [2.24, 2.45) is 0 Å². The summed E-state index contributed by atoms with van der Waals surface area (Å²) < 4.78 is 23.0. The Kier molecular flexibility index (Phi) is 7.11. The molecule has 0 atom stereocenters. The van der Waals surface area contributed by atoms with Crippen molar-refractivity contribution in [2.75, 3.05) is 38.1 Å². The third-order valence-corrected chi connectivity index (χ3v) is 7.94. The molecule has 206 valence electrons. The lowest BCUT2D eigenvalue weighted by molar-refractivity contribution is 0.312. The van der Waals surface area contributed by atoms with E-state index in [0.29, 0.717) is 57.2 Å². The van der Waals surface area contributed by atoms with Gasteiger partial charge in [0.15, 0.2) is 11.3 Å². The van der Waals surface area contributed by atoms with Crippen molar-refractivity contribution in [2.45, 2.75) is 31.3 Å². The largest absolute Gasteiger partial charge is 0.420 e. The zero-order valence-electron chi connectivity index (χ0n) is 22.5. The first kappa shape index (κ1) is 26.2. The number of benzene rings is 2. The van der Waals surface area contributed by atoms with Crippen molar-refractivity contribution in [3.63, 3.8) is 0 Å². The number of aromatic nitrogens is 6. The number of pyridine rings is 1. The van der Waals surface area contributed by atoms with E-state index in [9.17, 15) is 4.79 Å². The lowest BCUT2D eigenvalue weighted by Crippen LogP contribution is -2.44. The molecule has 1 N–H and O–H groups in total. The number of fused-ring (bicyclic) bond motifs is 1. The molecular formula is C28H29FN8O2S. The molecule has 10 nitrogen and oxygen atoms in total. The molecule has 6 rings (SSSR count). The minimum atomic E-state index is -0.396. The monoisotopic (exact) mass is 560 g/mol. The Morgan fingerprint density at radius 2 is 1.95 bits per heavy atom. The van der Waals surface area contributed by atoms with E-state index in [1.807, 2.05) is 47.6 Å². The number of likely N-dealkylation sites (N-methyl/N-ethyl adjacent to an activating group) is 1. The highest BCUT2D eigenvalue weighted by Gasteiger charge is 2.21. The van der Waals surface area contributed by atoms with E-state index in [1.54, 1.807) is 12.3 Å². The summed E-state index contributed by atoms with van der Waals surface area (Å²) >= 11 is 1.31. The minimum Gasteiger partial charge on any atom is -0.420 e. The van der Waals surface area contributed by atoms with Gasteiger partial charge in [-0.3, -0.25) is 9.89 Å². The molecule has 0 unspecified atom stereocenters. The summed E-state index contributed by atoms with van der Waals surface area (Å²) in [7, 11) is 2.06. The van der Waals surface area contributed by atoms with Crippen molar-refractivity contribution >= 4 is 28.4 Å². The molecule has 4 heterocycles. The number of hydrogen-bond donors (Lipinski definition) is 1. The van der Waals surface area contributed by atoms with Crippen molar-refractivity contribution in [1.29, 1.82) is 0 Å². The van der Waals surface area contributed by atoms with Gasteiger partial charge in [-0.15, -0.1) is 15.3 Å². The highest BCUT2D eigenvalue weighted by Crippen LogP contribution is 2.28. The average molecular weight is 561 g/mol. The van der Waals surface area contributed by atoms with Gasteiger partial charge >= 0.3 is 0 Å². The number of nitrogens with one attached hydrogen (secondary N) is 1. The molecule has 5 aromatic rings. The van der Waals surface area contributed by atoms with E-state index < -0.39 is 5.82 Å². The van der Waals surface area contributed by atoms with Gasteiger partial charge in [-0.1, -0.05) is 29.5 Å². The van der Waals surface area contributed by atoms with Crippen LogP contribution in [0.1, 0.15) is 18.4 Å². The number of aryl methyl sites for hydroxylation is 2. The lowest BCUT2D eigenvalue weighted by Gasteiger charge is -2.34. The first-order valence-corrected chi connectivity index (χ1v) is 14.1. The fourth-order valence-corrected chi connectivity index (χ4v) is 5.52. The SMILES string of the molecule is CCn1cc(-c2nc(SCc3nnc(-c4cccc(C)c4)o3)n[nH]2)c(=O)c2cc(F)c(N3CCN(C)CC3)cc21. The van der Waals surface area contributed by atoms with Gasteiger partial charge in [-0.05, 0) is 45.2 Å². The van der Waals surface area contributed by atoms with E-state index in [2.05, 4.69) is 37.3 Å². The van der Waals surface area contributed by atoms with Crippen molar-refractivity contribution in [1.82, 2.24) is 34.8 Å². The van der Waals surface area contributed by atoms with Crippen molar-refractivity contribution < 1.29 is 8.81 Å². The molecule has 0 amide bonds. The molecule has 1 aliphatic heterocycles. The van der Waals surface area contributed by atoms with E-state index >= 15 is 4.39 Å². The van der Waals surface area contributed by atoms with Gasteiger partial charge in [-0.25, -0.2) is 9.37 Å². The van der Waals surface area contributed by atoms with Crippen LogP contribution in [0.25, 0.3) is 33.7 Å². The Labute approximate surface area is 234 Å². The number of aromatic amines is 1. The maximum atomic E-state index is 15.3. The molecule has 3 aromatic heterocycles. The van der Waals surface area contributed by atoms with Crippen LogP contribution < -0.4 is 10.3 Å². The van der Waals surface area contributed by atoms with Crippen molar-refractivity contribution in [3.8, 4) is 22.8 Å². The van der Waals surface area contributed by atoms with Crippen LogP contribution in [0, 0.1) is 12.7 Å². The van der Waals surface area contributed by atoms with Crippen LogP contribution in [-0.2, 0) is 12.3 Å². The topological polar surface area (TPSA) is 109 Å². The van der Waals surface area contributed by atoms with Crippen LogP contribution in [0.2, 0.25) is 0 Å². The summed E-state index contributed by atoms with van der Waals surface area (Å²) in [4.78, 5) is 22.3. The maximum absolute atomic E-state index is 15.3. The Bertz CT molecular complexity index is 1740. The molecule has 2 aromatic carbocycles. The third kappa shape index (κ3) is 5.11. The molecule has 40 heavy (non-hydrogen) atoms. The molecule has 12 heteroatoms. The summed E-state index contributed by atoms with van der Waals surface area (Å²) in [5, 5.41) is 16.1. The second-order valence-electron chi connectivity index (χ2n) is 9.89. The van der Waals surface area contributed by atoms with Crippen LogP contribution in [0.15, 0.2) is 57.0 Å². The maximum Gasteiger partial charge on any atom is 0.247 e. The van der Waals surface area contributed by atoms with Crippen molar-refractivity contribution in [3.05, 3.63) is 70.1 Å². The lowest BCUT2D eigenvalue weighted by atomic mass is 10.1. The van der Waals surface area contributed by atoms with Crippen LogP contribution in [0.4, 0.5) is 10.1 Å². The van der Waals surface area contributed by atoms with Gasteiger partial charge in [0.05, 0.1) is 22.5 Å². The highest BCUT2D eigenvalue weighted by molar-refractivity contribution is 7.98. The van der Waals surface area contributed by atoms with Gasteiger partial charge in [0.1, 0.15) is 5.82 Å². The van der Waals surface area contributed by atoms with Crippen LogP contribution >= 0.6 is 11.8 Å². The van der Waals surface area contributed by atoms with Gasteiger partial charge in [0, 0.05) is 49.9 Å². The average Bonchev–Trinajstić information content (AvgIpc) is 3.63. The Morgan fingerprint density at radius 3 is 2.73 bits per heavy atom. The third-order valence-electron chi connectivity index (χ3n) is 7.11. The van der Waals surface area contributed by atoms with Crippen LogP contribution in [-0.4, -0.2) is 68.1 Å². The standard InChI is InChI=1S/C28H29FN8O2S/c1-4-36-15-20(25(38)19-13-21(29)23(14-22(19)36)37-10-8-35(3)9-11-37)26-30-28(34-32-26)40-16-24-31-33-27(39-24)18-7-5-6-17(2)12-18/h5-7,12-15H,4,8-11,16H2,1-3H3,(H,30,32,34). The number of thioether (sulfide) groups is 1. The fourth-order valence-electron chi connectivity index (χ4n) is 4.88. The molecule has 0 saturated carbocycles. The first-order valence-electron chi connectivity index (χ1n) is 13.1. The molecule has 1 aliphatic rings. The predicted molar refractivity (Wildman–Crippen MR) is 153 cm³/mol. The fraction of sp³-hybridized carbons (Fsp3) is 0.321. The first-order chi connectivity index (χ1) is 19.4. The molecule has 0 bridgehead atoms. The Hall–Kier alpha value is -4.03. The summed E-state index contributed by atoms with van der Waals surface area (Å²) in [5.41, 5.74) is 3.23. The molecule has 1 fully saturated rings. The molecule has 0 aliphatic carbocycles. The van der Waals surface area contributed by atoms with E-state index in [0.717, 1.165) is 37.3 Å². The number of rotatable bonds is 7. The van der Waals surface area contributed by atoms with E-state index in [-0.39, 0.29) is 5.43 Å². The van der Waals surface area contributed by atoms with Gasteiger partial charge < -0.3 is 18.8 Å².